The van der Waals surface area contributed by atoms with Crippen LogP contribution >= 0.6 is 0 Å². The van der Waals surface area contributed by atoms with Gasteiger partial charge in [-0.3, -0.25) is 4.72 Å². The Morgan fingerprint density at radius 3 is 2.33 bits per heavy atom. The van der Waals surface area contributed by atoms with Gasteiger partial charge in [-0.25, -0.2) is 13.2 Å². The van der Waals surface area contributed by atoms with E-state index in [2.05, 4.69) is 23.8 Å². The summed E-state index contributed by atoms with van der Waals surface area (Å²) >= 11 is 0. The molecule has 0 fully saturated rings. The van der Waals surface area contributed by atoms with Gasteiger partial charge in [0.15, 0.2) is 0 Å². The number of unbranched alkanes of at least 4 members (excludes halogenated alkanes) is 1. The Bertz CT molecular complexity index is 1150. The average Bonchev–Trinajstić information content (AvgIpc) is 2.72. The fourth-order valence-corrected chi connectivity index (χ4v) is 4.17. The molecule has 0 unspecified atom stereocenters. The summed E-state index contributed by atoms with van der Waals surface area (Å²) in [5.74, 6) is -1.81. The van der Waals surface area contributed by atoms with E-state index < -0.39 is 21.7 Å². The number of carboxylic acids is 1. The zero-order valence-electron chi connectivity index (χ0n) is 16.5. The molecule has 0 atom stereocenters. The zero-order valence-corrected chi connectivity index (χ0v) is 17.3. The molecule has 6 nitrogen and oxygen atoms in total. The lowest BCUT2D eigenvalue weighted by atomic mass is 10.0. The first-order valence-electron chi connectivity index (χ1n) is 9.58. The van der Waals surface area contributed by atoms with E-state index in [1.54, 1.807) is 12.1 Å². The number of rotatable bonds is 8. The van der Waals surface area contributed by atoms with E-state index in [0.29, 0.717) is 0 Å². The summed E-state index contributed by atoms with van der Waals surface area (Å²) in [5.41, 5.74) is 2.70. The first-order valence-corrected chi connectivity index (χ1v) is 11.1. The molecule has 0 radical (unpaired) electrons. The van der Waals surface area contributed by atoms with Gasteiger partial charge >= 0.3 is 5.97 Å². The molecule has 30 heavy (non-hydrogen) atoms. The SMILES string of the molecule is CCCCc1ccc(-c2cccc(S(=O)(=O)Nc3ccc(C(=O)O)c(O)c3)c2)cc1. The third-order valence-corrected chi connectivity index (χ3v) is 6.11. The molecule has 0 aliphatic heterocycles. The number of nitrogens with one attached hydrogen (secondary N) is 1. The van der Waals surface area contributed by atoms with Gasteiger partial charge < -0.3 is 10.2 Å². The Morgan fingerprint density at radius 1 is 0.967 bits per heavy atom. The molecule has 0 bridgehead atoms. The van der Waals surface area contributed by atoms with Crippen molar-refractivity contribution in [3.63, 3.8) is 0 Å². The summed E-state index contributed by atoms with van der Waals surface area (Å²) in [5, 5.41) is 18.7. The maximum Gasteiger partial charge on any atom is 0.339 e. The number of carbonyl (C=O) groups is 1. The van der Waals surface area contributed by atoms with Crippen LogP contribution in [-0.4, -0.2) is 24.6 Å². The number of anilines is 1. The van der Waals surface area contributed by atoms with E-state index in [1.165, 1.54) is 17.7 Å². The molecule has 3 N–H and O–H groups in total. The number of sulfonamides is 1. The minimum Gasteiger partial charge on any atom is -0.507 e. The molecular weight excluding hydrogens is 402 g/mol. The second kappa shape index (κ2) is 9.00. The van der Waals surface area contributed by atoms with Gasteiger partial charge in [-0.2, -0.15) is 0 Å². The van der Waals surface area contributed by atoms with Crippen LogP contribution in [0.15, 0.2) is 71.6 Å². The van der Waals surface area contributed by atoms with Gasteiger partial charge in [0.05, 0.1) is 10.6 Å². The van der Waals surface area contributed by atoms with E-state index in [9.17, 15) is 18.3 Å². The fraction of sp³-hybridized carbons (Fsp3) is 0.174. The first kappa shape index (κ1) is 21.4. The molecular formula is C23H23NO5S. The normalized spacial score (nSPS) is 11.2. The van der Waals surface area contributed by atoms with Gasteiger partial charge in [-0.1, -0.05) is 49.7 Å². The topological polar surface area (TPSA) is 104 Å². The molecule has 0 spiro atoms. The Balaban J connectivity index is 1.84. The van der Waals surface area contributed by atoms with Crippen molar-refractivity contribution in [1.29, 1.82) is 0 Å². The summed E-state index contributed by atoms with van der Waals surface area (Å²) < 4.78 is 27.9. The number of aromatic hydroxyl groups is 1. The van der Waals surface area contributed by atoms with Crippen molar-refractivity contribution >= 4 is 21.7 Å². The molecule has 7 heteroatoms. The second-order valence-corrected chi connectivity index (χ2v) is 8.65. The molecule has 0 aliphatic carbocycles. The van der Waals surface area contributed by atoms with Crippen molar-refractivity contribution in [1.82, 2.24) is 0 Å². The molecule has 0 amide bonds. The minimum absolute atomic E-state index is 0.0665. The van der Waals surface area contributed by atoms with Crippen LogP contribution in [0.1, 0.15) is 35.7 Å². The third-order valence-electron chi connectivity index (χ3n) is 4.73. The highest BCUT2D eigenvalue weighted by Gasteiger charge is 2.17. The number of hydrogen-bond acceptors (Lipinski definition) is 4. The lowest BCUT2D eigenvalue weighted by Gasteiger charge is -2.11. The van der Waals surface area contributed by atoms with Crippen LogP contribution in [0, 0.1) is 0 Å². The molecule has 3 aromatic carbocycles. The third kappa shape index (κ3) is 4.99. The van der Waals surface area contributed by atoms with E-state index in [0.717, 1.165) is 42.5 Å². The van der Waals surface area contributed by atoms with Gasteiger partial charge in [-0.05, 0) is 53.8 Å². The summed E-state index contributed by atoms with van der Waals surface area (Å²) in [6, 6.07) is 18.1. The molecule has 0 aromatic heterocycles. The number of phenols is 1. The maximum absolute atomic E-state index is 12.8. The summed E-state index contributed by atoms with van der Waals surface area (Å²) in [6.45, 7) is 2.15. The molecule has 0 saturated heterocycles. The van der Waals surface area contributed by atoms with Crippen LogP contribution in [0.3, 0.4) is 0 Å². The van der Waals surface area contributed by atoms with Crippen molar-refractivity contribution < 1.29 is 23.4 Å². The van der Waals surface area contributed by atoms with E-state index in [4.69, 9.17) is 5.11 Å². The Hall–Kier alpha value is -3.32. The van der Waals surface area contributed by atoms with Crippen LogP contribution < -0.4 is 4.72 Å². The monoisotopic (exact) mass is 425 g/mol. The van der Waals surface area contributed by atoms with Gasteiger partial charge in [0.1, 0.15) is 11.3 Å². The average molecular weight is 426 g/mol. The number of carboxylic acid groups (broad SMARTS) is 1. The molecule has 0 heterocycles. The minimum atomic E-state index is -3.92. The molecule has 3 rings (SSSR count). The quantitative estimate of drug-likeness (QED) is 0.476. The van der Waals surface area contributed by atoms with E-state index in [-0.39, 0.29) is 16.1 Å². The molecule has 0 saturated carbocycles. The second-order valence-electron chi connectivity index (χ2n) is 6.97. The zero-order chi connectivity index (χ0) is 21.7. The van der Waals surface area contributed by atoms with Crippen molar-refractivity contribution in [2.45, 2.75) is 31.1 Å². The molecule has 3 aromatic rings. The Labute approximate surface area is 175 Å². The molecule has 156 valence electrons. The van der Waals surface area contributed by atoms with Crippen LogP contribution in [0.5, 0.6) is 5.75 Å². The van der Waals surface area contributed by atoms with Crippen LogP contribution in [0.2, 0.25) is 0 Å². The lowest BCUT2D eigenvalue weighted by molar-refractivity contribution is 0.0694. The largest absolute Gasteiger partial charge is 0.507 e. The predicted molar refractivity (Wildman–Crippen MR) is 116 cm³/mol. The highest BCUT2D eigenvalue weighted by atomic mass is 32.2. The van der Waals surface area contributed by atoms with Crippen LogP contribution in [-0.2, 0) is 16.4 Å². The fourth-order valence-electron chi connectivity index (χ4n) is 3.08. The van der Waals surface area contributed by atoms with Crippen molar-refractivity contribution in [2.24, 2.45) is 0 Å². The first-order chi connectivity index (χ1) is 14.3. The lowest BCUT2D eigenvalue weighted by Crippen LogP contribution is -2.13. The summed E-state index contributed by atoms with van der Waals surface area (Å²) in [4.78, 5) is 11.1. The summed E-state index contributed by atoms with van der Waals surface area (Å²) in [7, 11) is -3.92. The highest BCUT2D eigenvalue weighted by molar-refractivity contribution is 7.92. The van der Waals surface area contributed by atoms with E-state index >= 15 is 0 Å². The Kier molecular flexibility index (Phi) is 6.42. The molecule has 0 aliphatic rings. The van der Waals surface area contributed by atoms with Gasteiger partial charge in [0.2, 0.25) is 0 Å². The van der Waals surface area contributed by atoms with Gasteiger partial charge in [0.25, 0.3) is 10.0 Å². The van der Waals surface area contributed by atoms with Crippen LogP contribution in [0.4, 0.5) is 5.69 Å². The Morgan fingerprint density at radius 2 is 1.70 bits per heavy atom. The summed E-state index contributed by atoms with van der Waals surface area (Å²) in [6.07, 6.45) is 3.27. The van der Waals surface area contributed by atoms with Crippen molar-refractivity contribution in [2.75, 3.05) is 4.72 Å². The number of benzene rings is 3. The smallest absolute Gasteiger partial charge is 0.339 e. The highest BCUT2D eigenvalue weighted by Crippen LogP contribution is 2.27. The van der Waals surface area contributed by atoms with Crippen molar-refractivity contribution in [3.05, 3.63) is 77.9 Å². The standard InChI is InChI=1S/C23H23NO5S/c1-2-3-5-16-8-10-17(11-9-16)18-6-4-7-20(14-18)30(28,29)24-19-12-13-21(23(26)27)22(25)15-19/h4,6-15,24-25H,2-3,5H2,1H3,(H,26,27). The van der Waals surface area contributed by atoms with Gasteiger partial charge in [0, 0.05) is 6.07 Å². The van der Waals surface area contributed by atoms with Crippen LogP contribution in [0.25, 0.3) is 11.1 Å². The van der Waals surface area contributed by atoms with Crippen molar-refractivity contribution in [3.8, 4) is 16.9 Å². The number of aryl methyl sites for hydroxylation is 1. The predicted octanol–water partition coefficient (Wildman–Crippen LogP) is 4.90. The maximum atomic E-state index is 12.8. The number of hydrogen-bond donors (Lipinski definition) is 3. The van der Waals surface area contributed by atoms with Gasteiger partial charge in [-0.15, -0.1) is 0 Å². The number of aromatic carboxylic acids is 1. The van der Waals surface area contributed by atoms with E-state index in [1.807, 2.05) is 18.2 Å².